The molecule has 4 unspecified atom stereocenters. The third kappa shape index (κ3) is 1.51. The predicted molar refractivity (Wildman–Crippen MR) is 65.8 cm³/mol. The van der Waals surface area contributed by atoms with Crippen molar-refractivity contribution in [2.24, 2.45) is 17.8 Å². The molecule has 1 aromatic carbocycles. The van der Waals surface area contributed by atoms with Gasteiger partial charge in [0.25, 0.3) is 0 Å². The molecule has 1 saturated carbocycles. The molecule has 2 aliphatic rings. The summed E-state index contributed by atoms with van der Waals surface area (Å²) in [6, 6.07) is 8.18. The second-order valence-corrected chi connectivity index (χ2v) is 5.19. The minimum Gasteiger partial charge on any atom is -0.481 e. The van der Waals surface area contributed by atoms with Crippen LogP contribution in [0.3, 0.4) is 0 Å². The van der Waals surface area contributed by atoms with Gasteiger partial charge in [-0.2, -0.15) is 0 Å². The highest BCUT2D eigenvalue weighted by molar-refractivity contribution is 5.73. The Morgan fingerprint density at radius 2 is 1.94 bits per heavy atom. The Balaban J connectivity index is 2.05. The molecule has 0 aromatic heterocycles. The average molecular weight is 228 g/mol. The number of benzene rings is 1. The third-order valence-electron chi connectivity index (χ3n) is 4.29. The predicted octanol–water partition coefficient (Wildman–Crippen LogP) is 2.99. The molecule has 1 N–H and O–H groups in total. The van der Waals surface area contributed by atoms with Gasteiger partial charge in [-0.15, -0.1) is 0 Å². The number of carboxylic acid groups (broad SMARTS) is 1. The molecule has 2 bridgehead atoms. The lowest BCUT2D eigenvalue weighted by Gasteiger charge is -2.26. The van der Waals surface area contributed by atoms with Gasteiger partial charge in [0, 0.05) is 5.92 Å². The highest BCUT2D eigenvalue weighted by atomic mass is 16.4. The molecular formula is C15H16O2. The number of aliphatic carboxylic acids is 1. The van der Waals surface area contributed by atoms with E-state index in [0.717, 1.165) is 6.42 Å². The number of hydrogen-bond acceptors (Lipinski definition) is 1. The molecule has 2 aliphatic carbocycles. The van der Waals surface area contributed by atoms with Crippen LogP contribution < -0.4 is 0 Å². The number of fused-ring (bicyclic) bond motifs is 2. The van der Waals surface area contributed by atoms with E-state index in [4.69, 9.17) is 0 Å². The van der Waals surface area contributed by atoms with Crippen molar-refractivity contribution in [3.05, 3.63) is 47.5 Å². The fourth-order valence-corrected chi connectivity index (χ4v) is 3.54. The van der Waals surface area contributed by atoms with E-state index in [1.807, 2.05) is 12.1 Å². The minimum atomic E-state index is -0.643. The Morgan fingerprint density at radius 1 is 1.24 bits per heavy atom. The van der Waals surface area contributed by atoms with Crippen LogP contribution in [0.2, 0.25) is 0 Å². The third-order valence-corrected chi connectivity index (χ3v) is 4.29. The number of allylic oxidation sites excluding steroid dienone is 2. The summed E-state index contributed by atoms with van der Waals surface area (Å²) in [7, 11) is 0. The van der Waals surface area contributed by atoms with Gasteiger partial charge in [0.05, 0.1) is 5.92 Å². The topological polar surface area (TPSA) is 37.3 Å². The van der Waals surface area contributed by atoms with Gasteiger partial charge in [-0.3, -0.25) is 4.79 Å². The lowest BCUT2D eigenvalue weighted by molar-refractivity contribution is -0.143. The second-order valence-electron chi connectivity index (χ2n) is 5.19. The lowest BCUT2D eigenvalue weighted by atomic mass is 9.77. The summed E-state index contributed by atoms with van der Waals surface area (Å²) in [6.07, 6.45) is 5.31. The Hall–Kier alpha value is -1.57. The van der Waals surface area contributed by atoms with Crippen molar-refractivity contribution in [1.82, 2.24) is 0 Å². The molecule has 0 amide bonds. The van der Waals surface area contributed by atoms with Crippen LogP contribution in [0.5, 0.6) is 0 Å². The zero-order valence-corrected chi connectivity index (χ0v) is 9.84. The van der Waals surface area contributed by atoms with Crippen LogP contribution in [0.25, 0.3) is 0 Å². The molecule has 2 heteroatoms. The molecule has 0 heterocycles. The zero-order valence-electron chi connectivity index (χ0n) is 9.84. The van der Waals surface area contributed by atoms with E-state index in [2.05, 4.69) is 31.2 Å². The van der Waals surface area contributed by atoms with E-state index < -0.39 is 5.97 Å². The van der Waals surface area contributed by atoms with Gasteiger partial charge < -0.3 is 5.11 Å². The lowest BCUT2D eigenvalue weighted by Crippen LogP contribution is -2.26. The fraction of sp³-hybridized carbons (Fsp3) is 0.400. The van der Waals surface area contributed by atoms with Gasteiger partial charge in [-0.05, 0) is 36.3 Å². The maximum Gasteiger partial charge on any atom is 0.307 e. The number of carboxylic acids is 1. The zero-order chi connectivity index (χ0) is 12.0. The van der Waals surface area contributed by atoms with Crippen LogP contribution in [-0.2, 0) is 4.79 Å². The van der Waals surface area contributed by atoms with E-state index in [1.54, 1.807) is 0 Å². The van der Waals surface area contributed by atoms with Gasteiger partial charge in [0.2, 0.25) is 0 Å². The number of hydrogen-bond donors (Lipinski definition) is 1. The first-order chi connectivity index (χ1) is 8.18. The van der Waals surface area contributed by atoms with Gasteiger partial charge in [-0.25, -0.2) is 0 Å². The maximum atomic E-state index is 11.5. The summed E-state index contributed by atoms with van der Waals surface area (Å²) in [5, 5.41) is 9.42. The summed E-state index contributed by atoms with van der Waals surface area (Å²) in [5.41, 5.74) is 2.43. The smallest absolute Gasteiger partial charge is 0.307 e. The molecule has 0 spiro atoms. The monoisotopic (exact) mass is 228 g/mol. The Labute approximate surface area is 101 Å². The first-order valence-electron chi connectivity index (χ1n) is 6.15. The van der Waals surface area contributed by atoms with Crippen LogP contribution >= 0.6 is 0 Å². The molecule has 1 aromatic rings. The summed E-state index contributed by atoms with van der Waals surface area (Å²) < 4.78 is 0. The first-order valence-corrected chi connectivity index (χ1v) is 6.15. The molecule has 2 nitrogen and oxygen atoms in total. The van der Waals surface area contributed by atoms with E-state index in [-0.39, 0.29) is 17.8 Å². The van der Waals surface area contributed by atoms with Crippen molar-refractivity contribution in [3.8, 4) is 0 Å². The van der Waals surface area contributed by atoms with E-state index in [1.165, 1.54) is 11.1 Å². The van der Waals surface area contributed by atoms with Crippen molar-refractivity contribution in [2.75, 3.05) is 0 Å². The maximum absolute atomic E-state index is 11.5. The summed E-state index contributed by atoms with van der Waals surface area (Å²) in [5.74, 6) is -0.0470. The molecule has 3 rings (SSSR count). The molecule has 0 saturated heterocycles. The Kier molecular flexibility index (Phi) is 2.32. The van der Waals surface area contributed by atoms with Gasteiger partial charge >= 0.3 is 5.97 Å². The van der Waals surface area contributed by atoms with Crippen LogP contribution in [0.15, 0.2) is 36.4 Å². The van der Waals surface area contributed by atoms with Gasteiger partial charge in [0.1, 0.15) is 0 Å². The van der Waals surface area contributed by atoms with E-state index in [9.17, 15) is 9.90 Å². The molecule has 88 valence electrons. The fourth-order valence-electron chi connectivity index (χ4n) is 3.54. The van der Waals surface area contributed by atoms with Gasteiger partial charge in [-0.1, -0.05) is 36.4 Å². The Bertz CT molecular complexity index is 489. The minimum absolute atomic E-state index is 0.170. The van der Waals surface area contributed by atoms with Crippen LogP contribution in [0, 0.1) is 24.7 Å². The molecule has 17 heavy (non-hydrogen) atoms. The molecular weight excluding hydrogens is 212 g/mol. The Morgan fingerprint density at radius 3 is 2.65 bits per heavy atom. The molecule has 1 fully saturated rings. The van der Waals surface area contributed by atoms with E-state index >= 15 is 0 Å². The molecule has 0 aliphatic heterocycles. The number of carbonyl (C=O) groups is 1. The number of rotatable bonds is 2. The normalized spacial score (nSPS) is 34.2. The van der Waals surface area contributed by atoms with Crippen molar-refractivity contribution >= 4 is 5.97 Å². The van der Waals surface area contributed by atoms with Gasteiger partial charge in [0.15, 0.2) is 0 Å². The highest BCUT2D eigenvalue weighted by Gasteiger charge is 2.49. The van der Waals surface area contributed by atoms with Crippen LogP contribution in [0.4, 0.5) is 0 Å². The number of aryl methyl sites for hydroxylation is 1. The SMILES string of the molecule is Cc1ccccc1C1C2C=CC(C2)C1C(=O)O. The van der Waals surface area contributed by atoms with Crippen molar-refractivity contribution in [3.63, 3.8) is 0 Å². The van der Waals surface area contributed by atoms with Crippen molar-refractivity contribution in [2.45, 2.75) is 19.3 Å². The van der Waals surface area contributed by atoms with E-state index in [0.29, 0.717) is 5.92 Å². The van der Waals surface area contributed by atoms with Crippen LogP contribution in [0.1, 0.15) is 23.5 Å². The first kappa shape index (κ1) is 10.6. The highest BCUT2D eigenvalue weighted by Crippen LogP contribution is 2.53. The molecule has 0 radical (unpaired) electrons. The largest absolute Gasteiger partial charge is 0.481 e. The molecule has 4 atom stereocenters. The van der Waals surface area contributed by atoms with Crippen molar-refractivity contribution < 1.29 is 9.90 Å². The second kappa shape index (κ2) is 3.73. The average Bonchev–Trinajstić information content (AvgIpc) is 2.89. The summed E-state index contributed by atoms with van der Waals surface area (Å²) in [4.78, 5) is 11.5. The van der Waals surface area contributed by atoms with Crippen LogP contribution in [-0.4, -0.2) is 11.1 Å². The summed E-state index contributed by atoms with van der Waals surface area (Å²) >= 11 is 0. The summed E-state index contributed by atoms with van der Waals surface area (Å²) in [6.45, 7) is 2.07. The van der Waals surface area contributed by atoms with Crippen molar-refractivity contribution in [1.29, 1.82) is 0 Å². The standard InChI is InChI=1S/C15H16O2/c1-9-4-2-3-5-12(9)13-10-6-7-11(8-10)14(13)15(16)17/h2-7,10-11,13-14H,8H2,1H3,(H,16,17). The quantitative estimate of drug-likeness (QED) is 0.790.